The van der Waals surface area contributed by atoms with Crippen molar-refractivity contribution in [3.63, 3.8) is 0 Å². The van der Waals surface area contributed by atoms with Crippen molar-refractivity contribution >= 4 is 34.8 Å². The lowest BCUT2D eigenvalue weighted by molar-refractivity contribution is 0.0687. The largest absolute Gasteiger partial charge is 0.477 e. The van der Waals surface area contributed by atoms with Crippen molar-refractivity contribution in [3.05, 3.63) is 51.8 Å². The molecule has 0 unspecified atom stereocenters. The number of aromatic nitrogens is 3. The number of halogens is 2. The molecule has 3 aromatic rings. The van der Waals surface area contributed by atoms with Crippen LogP contribution in [-0.4, -0.2) is 25.7 Å². The highest BCUT2D eigenvalue weighted by molar-refractivity contribution is 6.36. The summed E-state index contributed by atoms with van der Waals surface area (Å²) in [6, 6.07) is 8.36. The fourth-order valence-electron chi connectivity index (χ4n) is 2.56. The topological polar surface area (TPSA) is 67.5 Å². The van der Waals surface area contributed by atoms with Crippen LogP contribution < -0.4 is 0 Å². The maximum Gasteiger partial charge on any atom is 0.354 e. The summed E-state index contributed by atoms with van der Waals surface area (Å²) >= 11 is 12.1. The summed E-state index contributed by atoms with van der Waals surface area (Å²) in [6.07, 6.45) is 2.17. The van der Waals surface area contributed by atoms with E-state index in [4.69, 9.17) is 23.2 Å². The lowest BCUT2D eigenvalue weighted by Crippen LogP contribution is -2.08. The van der Waals surface area contributed by atoms with Gasteiger partial charge in [-0.2, -0.15) is 5.10 Å². The molecule has 1 saturated carbocycles. The summed E-state index contributed by atoms with van der Waals surface area (Å²) in [5.41, 5.74) is 2.57. The minimum absolute atomic E-state index is 0.0583. The Hall–Kier alpha value is -2.11. The number of rotatable bonds is 3. The maximum atomic E-state index is 11.6. The molecular weight excluding hydrogens is 337 g/mol. The van der Waals surface area contributed by atoms with Crippen LogP contribution in [0.3, 0.4) is 0 Å². The molecule has 1 N–H and O–H groups in total. The molecule has 0 radical (unpaired) electrons. The average Bonchev–Trinajstić information content (AvgIpc) is 3.25. The Kier molecular flexibility index (Phi) is 3.28. The zero-order valence-corrected chi connectivity index (χ0v) is 13.3. The van der Waals surface area contributed by atoms with Crippen LogP contribution in [0.4, 0.5) is 0 Å². The SMILES string of the molecule is O=C(O)c1cc(-c2ccc(Cl)cc2Cl)nc2cc(C3CC3)nn12. The van der Waals surface area contributed by atoms with Gasteiger partial charge in [0.15, 0.2) is 11.3 Å². The average molecular weight is 348 g/mol. The van der Waals surface area contributed by atoms with Crippen LogP contribution in [0.15, 0.2) is 30.3 Å². The second-order valence-corrected chi connectivity index (χ2v) is 6.41. The third-order valence-corrected chi connectivity index (χ3v) is 4.42. The van der Waals surface area contributed by atoms with Crippen molar-refractivity contribution in [2.45, 2.75) is 18.8 Å². The zero-order chi connectivity index (χ0) is 16.1. The highest BCUT2D eigenvalue weighted by Crippen LogP contribution is 2.39. The fraction of sp³-hybridized carbons (Fsp3) is 0.188. The second kappa shape index (κ2) is 5.22. The molecule has 116 valence electrons. The predicted molar refractivity (Wildman–Crippen MR) is 87.4 cm³/mol. The first-order valence-corrected chi connectivity index (χ1v) is 7.88. The van der Waals surface area contributed by atoms with E-state index in [1.165, 1.54) is 10.6 Å². The van der Waals surface area contributed by atoms with Crippen molar-refractivity contribution in [2.75, 3.05) is 0 Å². The Morgan fingerprint density at radius 2 is 2.00 bits per heavy atom. The molecule has 0 amide bonds. The van der Waals surface area contributed by atoms with E-state index in [-0.39, 0.29) is 5.69 Å². The molecular formula is C16H11Cl2N3O2. The number of hydrogen-bond donors (Lipinski definition) is 1. The van der Waals surface area contributed by atoms with Gasteiger partial charge >= 0.3 is 5.97 Å². The highest BCUT2D eigenvalue weighted by atomic mass is 35.5. The number of carboxylic acid groups (broad SMARTS) is 1. The predicted octanol–water partition coefficient (Wildman–Crippen LogP) is 4.28. The van der Waals surface area contributed by atoms with Crippen molar-refractivity contribution in [1.82, 2.24) is 14.6 Å². The van der Waals surface area contributed by atoms with Gasteiger partial charge in [-0.15, -0.1) is 0 Å². The summed E-state index contributed by atoms with van der Waals surface area (Å²) in [5, 5.41) is 14.8. The quantitative estimate of drug-likeness (QED) is 0.767. The van der Waals surface area contributed by atoms with Gasteiger partial charge in [0.25, 0.3) is 0 Å². The Morgan fingerprint density at radius 1 is 1.22 bits per heavy atom. The van der Waals surface area contributed by atoms with Crippen LogP contribution in [0, 0.1) is 0 Å². The van der Waals surface area contributed by atoms with Gasteiger partial charge in [0.1, 0.15) is 0 Å². The molecule has 0 atom stereocenters. The summed E-state index contributed by atoms with van der Waals surface area (Å²) in [7, 11) is 0. The first-order valence-electron chi connectivity index (χ1n) is 7.12. The Morgan fingerprint density at radius 3 is 2.65 bits per heavy atom. The first-order chi connectivity index (χ1) is 11.0. The molecule has 1 aliphatic carbocycles. The summed E-state index contributed by atoms with van der Waals surface area (Å²) in [4.78, 5) is 16.1. The number of carboxylic acids is 1. The van der Waals surface area contributed by atoms with E-state index in [0.717, 1.165) is 18.5 Å². The van der Waals surface area contributed by atoms with Crippen molar-refractivity contribution in [3.8, 4) is 11.3 Å². The molecule has 0 spiro atoms. The molecule has 7 heteroatoms. The summed E-state index contributed by atoms with van der Waals surface area (Å²) < 4.78 is 1.38. The van der Waals surface area contributed by atoms with Crippen LogP contribution in [0.2, 0.25) is 10.0 Å². The van der Waals surface area contributed by atoms with E-state index in [1.807, 2.05) is 6.07 Å². The summed E-state index contributed by atoms with van der Waals surface area (Å²) in [6.45, 7) is 0. The third-order valence-electron chi connectivity index (χ3n) is 3.87. The second-order valence-electron chi connectivity index (χ2n) is 5.57. The van der Waals surface area contributed by atoms with Gasteiger partial charge in [-0.05, 0) is 37.1 Å². The van der Waals surface area contributed by atoms with Gasteiger partial charge in [-0.25, -0.2) is 14.3 Å². The van der Waals surface area contributed by atoms with Crippen molar-refractivity contribution in [1.29, 1.82) is 0 Å². The number of nitrogens with zero attached hydrogens (tertiary/aromatic N) is 3. The number of hydrogen-bond acceptors (Lipinski definition) is 3. The number of carbonyl (C=O) groups is 1. The van der Waals surface area contributed by atoms with Crippen LogP contribution in [0.1, 0.15) is 34.9 Å². The Labute approximate surface area is 141 Å². The first kappa shape index (κ1) is 14.5. The molecule has 0 saturated heterocycles. The van der Waals surface area contributed by atoms with Gasteiger partial charge in [0.2, 0.25) is 0 Å². The number of benzene rings is 1. The van der Waals surface area contributed by atoms with E-state index >= 15 is 0 Å². The molecule has 1 aromatic carbocycles. The highest BCUT2D eigenvalue weighted by Gasteiger charge is 2.27. The third kappa shape index (κ3) is 2.56. The minimum Gasteiger partial charge on any atom is -0.477 e. The smallest absolute Gasteiger partial charge is 0.354 e. The van der Waals surface area contributed by atoms with Crippen molar-refractivity contribution in [2.24, 2.45) is 0 Å². The monoisotopic (exact) mass is 347 g/mol. The van der Waals surface area contributed by atoms with Crippen LogP contribution >= 0.6 is 23.2 Å². The van der Waals surface area contributed by atoms with E-state index < -0.39 is 5.97 Å². The summed E-state index contributed by atoms with van der Waals surface area (Å²) in [5.74, 6) is -0.643. The molecule has 1 fully saturated rings. The Balaban J connectivity index is 1.94. The van der Waals surface area contributed by atoms with E-state index in [2.05, 4.69) is 10.1 Å². The standard InChI is InChI=1S/C16H11Cl2N3O2/c17-9-3-4-10(11(18)5-9)13-6-14(16(22)23)21-15(19-13)7-12(20-21)8-1-2-8/h3-8H,1-2H2,(H,22,23). The zero-order valence-electron chi connectivity index (χ0n) is 11.8. The molecule has 0 bridgehead atoms. The van der Waals surface area contributed by atoms with E-state index in [0.29, 0.717) is 32.9 Å². The molecule has 4 rings (SSSR count). The lowest BCUT2D eigenvalue weighted by Gasteiger charge is -2.07. The minimum atomic E-state index is -1.06. The van der Waals surface area contributed by atoms with Gasteiger partial charge in [0.05, 0.1) is 16.4 Å². The van der Waals surface area contributed by atoms with Gasteiger partial charge in [0, 0.05) is 22.6 Å². The van der Waals surface area contributed by atoms with E-state index in [1.54, 1.807) is 18.2 Å². The molecule has 5 nitrogen and oxygen atoms in total. The van der Waals surface area contributed by atoms with Gasteiger partial charge in [-0.3, -0.25) is 0 Å². The van der Waals surface area contributed by atoms with E-state index in [9.17, 15) is 9.90 Å². The number of aromatic carboxylic acids is 1. The number of fused-ring (bicyclic) bond motifs is 1. The normalized spacial score (nSPS) is 14.3. The van der Waals surface area contributed by atoms with Gasteiger partial charge in [-0.1, -0.05) is 23.2 Å². The molecule has 23 heavy (non-hydrogen) atoms. The van der Waals surface area contributed by atoms with Crippen molar-refractivity contribution < 1.29 is 9.90 Å². The molecule has 2 heterocycles. The fourth-order valence-corrected chi connectivity index (χ4v) is 3.06. The molecule has 0 aliphatic heterocycles. The maximum absolute atomic E-state index is 11.6. The van der Waals surface area contributed by atoms with Crippen LogP contribution in [-0.2, 0) is 0 Å². The van der Waals surface area contributed by atoms with Gasteiger partial charge < -0.3 is 5.11 Å². The molecule has 1 aliphatic rings. The Bertz CT molecular complexity index is 948. The van der Waals surface area contributed by atoms with Crippen LogP contribution in [0.25, 0.3) is 16.9 Å². The van der Waals surface area contributed by atoms with Crippen LogP contribution in [0.5, 0.6) is 0 Å². The molecule has 2 aromatic heterocycles. The lowest BCUT2D eigenvalue weighted by atomic mass is 10.1.